The van der Waals surface area contributed by atoms with E-state index < -0.39 is 12.3 Å². The van der Waals surface area contributed by atoms with Gasteiger partial charge < -0.3 is 45.1 Å². The van der Waals surface area contributed by atoms with Crippen LogP contribution in [0.2, 0.25) is 5.02 Å². The van der Waals surface area contributed by atoms with Crippen molar-refractivity contribution in [3.05, 3.63) is 94.4 Å². The summed E-state index contributed by atoms with van der Waals surface area (Å²) in [5, 5.41) is 20.6. The second-order valence-corrected chi connectivity index (χ2v) is 18.0. The largest absolute Gasteiger partial charge is 0.489 e. The lowest BCUT2D eigenvalue weighted by molar-refractivity contribution is -0.134. The van der Waals surface area contributed by atoms with Gasteiger partial charge in [0.2, 0.25) is 17.7 Å². The summed E-state index contributed by atoms with van der Waals surface area (Å²) in [5.41, 5.74) is 4.82. The van der Waals surface area contributed by atoms with Crippen LogP contribution in [-0.2, 0) is 30.4 Å². The number of ether oxygens (including phenoxy) is 3. The topological polar surface area (TPSA) is 172 Å². The van der Waals surface area contributed by atoms with Gasteiger partial charge in [0.05, 0.1) is 49.4 Å². The normalized spacial score (nSPS) is 21.8. The van der Waals surface area contributed by atoms with E-state index in [-0.39, 0.29) is 66.8 Å². The van der Waals surface area contributed by atoms with Gasteiger partial charge in [0.15, 0.2) is 0 Å². The molecule has 2 unspecified atom stereocenters. The molecule has 1 saturated carbocycles. The number of hydrogen-bond donors (Lipinski definition) is 4. The molecule has 4 aromatic rings. The predicted molar refractivity (Wildman–Crippen MR) is 244 cm³/mol. The van der Waals surface area contributed by atoms with Crippen molar-refractivity contribution in [2.24, 2.45) is 11.8 Å². The molecular weight excluding hydrogens is 855 g/mol. The Morgan fingerprint density at radius 3 is 2.52 bits per heavy atom. The maximum atomic E-state index is 14.1. The molecule has 4 amide bonds. The Bertz CT molecular complexity index is 2350. The fourth-order valence-electron chi connectivity index (χ4n) is 9.75. The van der Waals surface area contributed by atoms with Gasteiger partial charge in [-0.3, -0.25) is 24.2 Å². The Hall–Kier alpha value is -5.35. The monoisotopic (exact) mass is 912 g/mol. The predicted octanol–water partition coefficient (Wildman–Crippen LogP) is 7.03. The van der Waals surface area contributed by atoms with E-state index in [0.29, 0.717) is 93.2 Å². The first-order valence-corrected chi connectivity index (χ1v) is 23.3. The summed E-state index contributed by atoms with van der Waals surface area (Å²) in [4.78, 5) is 59.0. The van der Waals surface area contributed by atoms with Crippen molar-refractivity contribution in [3.63, 3.8) is 0 Å². The number of anilines is 2. The van der Waals surface area contributed by atoms with Gasteiger partial charge in [-0.15, -0.1) is 0 Å². The molecule has 1 aliphatic carbocycles. The number of halogens is 2. The van der Waals surface area contributed by atoms with Crippen LogP contribution in [0.1, 0.15) is 92.1 Å². The summed E-state index contributed by atoms with van der Waals surface area (Å²) in [7, 11) is 0. The maximum absolute atomic E-state index is 14.1. The molecule has 14 nitrogen and oxygen atoms in total. The third kappa shape index (κ3) is 11.2. The molecule has 3 aromatic carbocycles. The van der Waals surface area contributed by atoms with Crippen LogP contribution >= 0.6 is 11.6 Å². The zero-order valence-corrected chi connectivity index (χ0v) is 37.5. The molecule has 3 atom stereocenters. The van der Waals surface area contributed by atoms with E-state index in [1.165, 1.54) is 6.07 Å². The highest BCUT2D eigenvalue weighted by Crippen LogP contribution is 2.41. The lowest BCUT2D eigenvalue weighted by Crippen LogP contribution is -2.55. The number of piperidine rings is 2. The average Bonchev–Trinajstić information content (AvgIpc) is 3.65. The smallest absolute Gasteiger partial charge is 0.254 e. The number of fused-ring (bicyclic) bond motifs is 2. The van der Waals surface area contributed by atoms with Crippen LogP contribution in [0.25, 0.3) is 10.9 Å². The average molecular weight is 913 g/mol. The van der Waals surface area contributed by atoms with Gasteiger partial charge in [0.25, 0.3) is 5.91 Å². The van der Waals surface area contributed by atoms with E-state index in [1.807, 2.05) is 30.0 Å². The van der Waals surface area contributed by atoms with Crippen LogP contribution in [0.3, 0.4) is 0 Å². The molecule has 8 rings (SSSR count). The number of aromatic nitrogens is 1. The number of carbonyl (C=O) groups is 4. The summed E-state index contributed by atoms with van der Waals surface area (Å²) in [5.74, 6) is 0.171. The third-order valence-corrected chi connectivity index (χ3v) is 13.8. The molecule has 65 heavy (non-hydrogen) atoms. The number of carbonyl (C=O) groups excluding carboxylic acids is 4. The van der Waals surface area contributed by atoms with Gasteiger partial charge >= 0.3 is 0 Å². The second-order valence-electron chi connectivity index (χ2n) is 17.6. The van der Waals surface area contributed by atoms with E-state index in [2.05, 4.69) is 20.9 Å². The lowest BCUT2D eigenvalue weighted by atomic mass is 9.73. The molecule has 16 heteroatoms. The number of nitrogens with one attached hydrogen (secondary N) is 3. The molecule has 3 fully saturated rings. The van der Waals surface area contributed by atoms with E-state index >= 15 is 0 Å². The Kier molecular flexibility index (Phi) is 15.1. The van der Waals surface area contributed by atoms with E-state index in [1.54, 1.807) is 47.5 Å². The highest BCUT2D eigenvalue weighted by molar-refractivity contribution is 6.32. The zero-order valence-electron chi connectivity index (χ0n) is 36.7. The molecule has 346 valence electrons. The first kappa shape index (κ1) is 46.2. The number of nitrogens with zero attached hydrogens (tertiary/aromatic N) is 3. The van der Waals surface area contributed by atoms with E-state index in [9.17, 15) is 28.7 Å². The van der Waals surface area contributed by atoms with Crippen LogP contribution in [0.5, 0.6) is 5.75 Å². The number of amides is 4. The Balaban J connectivity index is 0.692. The number of rotatable bonds is 17. The minimum Gasteiger partial charge on any atom is -0.489 e. The molecule has 0 radical (unpaired) electrons. The highest BCUT2D eigenvalue weighted by atomic mass is 35.5. The van der Waals surface area contributed by atoms with Crippen LogP contribution in [0.4, 0.5) is 15.8 Å². The van der Waals surface area contributed by atoms with Crippen LogP contribution < -0.4 is 20.7 Å². The molecule has 4 N–H and O–H groups in total. The minimum atomic E-state index is -1.09. The first-order chi connectivity index (χ1) is 31.5. The number of pyridine rings is 1. The zero-order chi connectivity index (χ0) is 45.5. The van der Waals surface area contributed by atoms with Crippen molar-refractivity contribution in [2.75, 3.05) is 56.7 Å². The number of aliphatic hydroxyl groups excluding tert-OH is 1. The lowest BCUT2D eigenvalue weighted by Gasteiger charge is -2.35. The van der Waals surface area contributed by atoms with E-state index in [4.69, 9.17) is 25.8 Å². The van der Waals surface area contributed by atoms with Crippen LogP contribution in [0, 0.1) is 17.7 Å². The van der Waals surface area contributed by atoms with E-state index in [0.717, 1.165) is 53.4 Å². The number of hydrogen-bond acceptors (Lipinski definition) is 10. The molecule has 0 spiro atoms. The SMILES string of the molecule is C[C@@H](C(=O)Nc1ccc(Cl)c(OC2CCN(C(=O)CCOCCOCCNc3cccc4c3CN(C3CCC(=O)NC3O)C4=O)CC2)c1)[C@H]1CC[C@@H](c2ccnc3ccc(F)cc32)CC1. The number of benzene rings is 3. The summed E-state index contributed by atoms with van der Waals surface area (Å²) in [6.07, 6.45) is 6.47. The quantitative estimate of drug-likeness (QED) is 0.0807. The second kappa shape index (κ2) is 21.3. The van der Waals surface area contributed by atoms with Crippen molar-refractivity contribution >= 4 is 57.5 Å². The summed E-state index contributed by atoms with van der Waals surface area (Å²) < 4.78 is 31.8. The van der Waals surface area contributed by atoms with Gasteiger partial charge in [-0.2, -0.15) is 0 Å². The van der Waals surface area contributed by atoms with Crippen LogP contribution in [0.15, 0.2) is 66.9 Å². The molecular formula is C49H58ClFN6O8. The summed E-state index contributed by atoms with van der Waals surface area (Å²) >= 11 is 6.54. The molecule has 2 saturated heterocycles. The minimum absolute atomic E-state index is 0.0235. The standard InChI is InChI=1S/C49H58ClFN6O8/c1-30(31-5-7-32(8-6-31)36-15-19-52-42-12-9-33(51)27-38(36)42)47(60)54-34-10-11-40(50)44(28-34)65-35-16-21-56(22-17-35)46(59)18-23-63-25-26-64-24-20-53-41-4-2-3-37-39(41)29-57(49(37)62)43-13-14-45(58)55-48(43)61/h2-4,9-12,15,19,27-28,30-32,35,43,48,53,61H,5-8,13-14,16-18,20-26,29H2,1H3,(H,54,60)(H,55,58)/t30-,31-,32+,43?,48?/m1/s1. The van der Waals surface area contributed by atoms with Gasteiger partial charge in [0, 0.05) is 91.5 Å². The molecule has 4 aliphatic rings. The van der Waals surface area contributed by atoms with Crippen molar-refractivity contribution in [1.29, 1.82) is 0 Å². The molecule has 1 aromatic heterocycles. The first-order valence-electron chi connectivity index (χ1n) is 22.9. The molecule has 0 bridgehead atoms. The Morgan fingerprint density at radius 2 is 1.74 bits per heavy atom. The van der Waals surface area contributed by atoms with Gasteiger partial charge in [-0.1, -0.05) is 24.6 Å². The third-order valence-electron chi connectivity index (χ3n) is 13.5. The Morgan fingerprint density at radius 1 is 0.954 bits per heavy atom. The molecule has 4 heterocycles. The highest BCUT2D eigenvalue weighted by Gasteiger charge is 2.40. The van der Waals surface area contributed by atoms with Gasteiger partial charge in [0.1, 0.15) is 23.9 Å². The van der Waals surface area contributed by atoms with Crippen LogP contribution in [-0.4, -0.2) is 108 Å². The summed E-state index contributed by atoms with van der Waals surface area (Å²) in [6.45, 7) is 5.37. The van der Waals surface area contributed by atoms with Crippen molar-refractivity contribution < 1.29 is 42.9 Å². The number of aliphatic hydroxyl groups is 1. The van der Waals surface area contributed by atoms with Gasteiger partial charge in [-0.25, -0.2) is 4.39 Å². The van der Waals surface area contributed by atoms with Crippen molar-refractivity contribution in [2.45, 2.75) is 95.5 Å². The fourth-order valence-corrected chi connectivity index (χ4v) is 9.91. The summed E-state index contributed by atoms with van der Waals surface area (Å²) in [6, 6.07) is 17.1. The van der Waals surface area contributed by atoms with Crippen molar-refractivity contribution in [1.82, 2.24) is 20.1 Å². The Labute approximate surface area is 383 Å². The fraction of sp³-hybridized carbons (Fsp3) is 0.490. The number of likely N-dealkylation sites (tertiary alicyclic amines) is 1. The van der Waals surface area contributed by atoms with Gasteiger partial charge in [-0.05, 0) is 98.0 Å². The maximum Gasteiger partial charge on any atom is 0.254 e. The van der Waals surface area contributed by atoms with Crippen molar-refractivity contribution in [3.8, 4) is 5.75 Å². The molecule has 3 aliphatic heterocycles.